The van der Waals surface area contributed by atoms with Crippen molar-refractivity contribution in [3.05, 3.63) is 107 Å². The standard InChI is InChI=1S/C27H22BrClN4O6/c1-3-15(2)25-31-22-9-8-19(28)12-20(22)26(34)32(25)30-13-17-10-21(29)24(23(11-17)33(37)38)39-14-16-4-6-18(7-5-16)27(35)36/h4-13,15H,3,14H2,1-2H3,(H,35,36)/t15-/m1/s1. The van der Waals surface area contributed by atoms with Gasteiger partial charge in [-0.1, -0.05) is 53.5 Å². The molecule has 3 aromatic carbocycles. The summed E-state index contributed by atoms with van der Waals surface area (Å²) in [5.41, 5.74) is 0.770. The number of aromatic carboxylic acids is 1. The van der Waals surface area contributed by atoms with Gasteiger partial charge in [-0.3, -0.25) is 14.9 Å². The summed E-state index contributed by atoms with van der Waals surface area (Å²) in [6.45, 7) is 3.83. The van der Waals surface area contributed by atoms with Crippen LogP contribution in [0.2, 0.25) is 5.02 Å². The molecule has 0 fully saturated rings. The fourth-order valence-electron chi connectivity index (χ4n) is 3.75. The van der Waals surface area contributed by atoms with Gasteiger partial charge in [-0.15, -0.1) is 0 Å². The van der Waals surface area contributed by atoms with Crippen LogP contribution in [0.3, 0.4) is 0 Å². The SMILES string of the molecule is CC[C@@H](C)c1nc2ccc(Br)cc2c(=O)n1N=Cc1cc(Cl)c(OCc2ccc(C(=O)O)cc2)c([N+](=O)[O-])c1. The van der Waals surface area contributed by atoms with Gasteiger partial charge in [0.15, 0.2) is 0 Å². The van der Waals surface area contributed by atoms with Crippen LogP contribution in [0.4, 0.5) is 5.69 Å². The number of carboxylic acids is 1. The van der Waals surface area contributed by atoms with Gasteiger partial charge in [0.2, 0.25) is 5.75 Å². The Hall–Kier alpha value is -4.09. The minimum Gasteiger partial charge on any atom is -0.481 e. The highest BCUT2D eigenvalue weighted by molar-refractivity contribution is 9.10. The zero-order valence-electron chi connectivity index (χ0n) is 20.8. The molecule has 4 aromatic rings. The van der Waals surface area contributed by atoms with Crippen molar-refractivity contribution in [2.45, 2.75) is 32.8 Å². The molecule has 1 N–H and O–H groups in total. The van der Waals surface area contributed by atoms with Gasteiger partial charge in [0, 0.05) is 22.0 Å². The highest BCUT2D eigenvalue weighted by Crippen LogP contribution is 2.36. The van der Waals surface area contributed by atoms with Crippen LogP contribution < -0.4 is 10.3 Å². The number of nitrogens with zero attached hydrogens (tertiary/aromatic N) is 4. The lowest BCUT2D eigenvalue weighted by Gasteiger charge is -2.14. The predicted molar refractivity (Wildman–Crippen MR) is 151 cm³/mol. The zero-order chi connectivity index (χ0) is 28.3. The van der Waals surface area contributed by atoms with E-state index in [0.29, 0.717) is 28.7 Å². The predicted octanol–water partition coefficient (Wildman–Crippen LogP) is 6.39. The normalized spacial score (nSPS) is 12.1. The summed E-state index contributed by atoms with van der Waals surface area (Å²) >= 11 is 9.74. The van der Waals surface area contributed by atoms with Crippen LogP contribution in [0.1, 0.15) is 53.5 Å². The Bertz CT molecular complexity index is 1670. The molecule has 200 valence electrons. The molecule has 0 saturated carbocycles. The number of rotatable bonds is 9. The number of halogens is 2. The average Bonchev–Trinajstić information content (AvgIpc) is 2.91. The molecule has 0 aliphatic rings. The van der Waals surface area contributed by atoms with Crippen LogP contribution in [0.25, 0.3) is 10.9 Å². The Labute approximate surface area is 235 Å². The number of benzene rings is 3. The van der Waals surface area contributed by atoms with E-state index in [9.17, 15) is 19.7 Å². The molecule has 0 radical (unpaired) electrons. The lowest BCUT2D eigenvalue weighted by atomic mass is 10.1. The van der Waals surface area contributed by atoms with Gasteiger partial charge in [-0.2, -0.15) is 9.78 Å². The third kappa shape index (κ3) is 6.15. The second-order valence-electron chi connectivity index (χ2n) is 8.70. The third-order valence-electron chi connectivity index (χ3n) is 6.04. The van der Waals surface area contributed by atoms with Crippen molar-refractivity contribution in [3.8, 4) is 5.75 Å². The number of ether oxygens (including phenoxy) is 1. The number of fused-ring (bicyclic) bond motifs is 1. The Morgan fingerprint density at radius 1 is 1.26 bits per heavy atom. The first-order valence-corrected chi connectivity index (χ1v) is 13.0. The summed E-state index contributed by atoms with van der Waals surface area (Å²) in [7, 11) is 0. The van der Waals surface area contributed by atoms with Crippen LogP contribution in [-0.2, 0) is 6.61 Å². The first-order valence-electron chi connectivity index (χ1n) is 11.8. The Kier molecular flexibility index (Phi) is 8.41. The summed E-state index contributed by atoms with van der Waals surface area (Å²) in [6, 6.07) is 13.8. The Balaban J connectivity index is 1.69. The zero-order valence-corrected chi connectivity index (χ0v) is 23.1. The van der Waals surface area contributed by atoms with E-state index in [1.807, 2.05) is 13.8 Å². The number of nitro benzene ring substituents is 1. The third-order valence-corrected chi connectivity index (χ3v) is 6.81. The van der Waals surface area contributed by atoms with Gasteiger partial charge >= 0.3 is 11.7 Å². The van der Waals surface area contributed by atoms with Gasteiger partial charge in [-0.05, 0) is 48.4 Å². The molecular weight excluding hydrogens is 592 g/mol. The maximum Gasteiger partial charge on any atom is 0.335 e. The molecule has 0 bridgehead atoms. The highest BCUT2D eigenvalue weighted by atomic mass is 79.9. The lowest BCUT2D eigenvalue weighted by Crippen LogP contribution is -2.23. The van der Waals surface area contributed by atoms with Crippen LogP contribution in [0.5, 0.6) is 5.75 Å². The van der Waals surface area contributed by atoms with Crippen molar-refractivity contribution in [2.24, 2.45) is 5.10 Å². The van der Waals surface area contributed by atoms with Gasteiger partial charge < -0.3 is 9.84 Å². The summed E-state index contributed by atoms with van der Waals surface area (Å²) < 4.78 is 7.56. The molecule has 0 saturated heterocycles. The molecule has 1 heterocycles. The van der Waals surface area contributed by atoms with Crippen LogP contribution in [0, 0.1) is 10.1 Å². The smallest absolute Gasteiger partial charge is 0.335 e. The molecule has 0 amide bonds. The maximum atomic E-state index is 13.3. The molecule has 0 aliphatic carbocycles. The number of nitro groups is 1. The summed E-state index contributed by atoms with van der Waals surface area (Å²) in [4.78, 5) is 40.2. The first kappa shape index (κ1) is 27.9. The minimum absolute atomic E-state index is 0.0251. The number of carbonyl (C=O) groups is 1. The van der Waals surface area contributed by atoms with Crippen molar-refractivity contribution in [1.82, 2.24) is 9.66 Å². The molecule has 12 heteroatoms. The van der Waals surface area contributed by atoms with Gasteiger partial charge in [0.1, 0.15) is 12.4 Å². The number of aromatic nitrogens is 2. The quantitative estimate of drug-likeness (QED) is 0.131. The minimum atomic E-state index is -1.07. The van der Waals surface area contributed by atoms with E-state index in [-0.39, 0.29) is 45.7 Å². The van der Waals surface area contributed by atoms with Gasteiger partial charge in [0.25, 0.3) is 5.56 Å². The van der Waals surface area contributed by atoms with Crippen molar-refractivity contribution in [2.75, 3.05) is 0 Å². The summed E-state index contributed by atoms with van der Waals surface area (Å²) in [5, 5.41) is 25.6. The fourth-order valence-corrected chi connectivity index (χ4v) is 4.39. The Morgan fingerprint density at radius 3 is 2.62 bits per heavy atom. The second-order valence-corrected chi connectivity index (χ2v) is 10.0. The molecule has 39 heavy (non-hydrogen) atoms. The number of carboxylic acid groups (broad SMARTS) is 1. The molecular formula is C27H22BrClN4O6. The van der Waals surface area contributed by atoms with E-state index in [2.05, 4.69) is 26.0 Å². The lowest BCUT2D eigenvalue weighted by molar-refractivity contribution is -0.385. The Morgan fingerprint density at radius 2 is 1.97 bits per heavy atom. The van der Waals surface area contributed by atoms with E-state index in [4.69, 9.17) is 21.4 Å². The van der Waals surface area contributed by atoms with Gasteiger partial charge in [0.05, 0.1) is 32.6 Å². The molecule has 4 rings (SSSR count). The molecule has 10 nitrogen and oxygen atoms in total. The molecule has 0 unspecified atom stereocenters. The van der Waals surface area contributed by atoms with Crippen molar-refractivity contribution >= 4 is 56.3 Å². The van der Waals surface area contributed by atoms with Crippen molar-refractivity contribution in [3.63, 3.8) is 0 Å². The monoisotopic (exact) mass is 612 g/mol. The van der Waals surface area contributed by atoms with Crippen LogP contribution in [0.15, 0.2) is 69.0 Å². The maximum absolute atomic E-state index is 13.3. The largest absolute Gasteiger partial charge is 0.481 e. The topological polar surface area (TPSA) is 137 Å². The molecule has 1 atom stereocenters. The fraction of sp³-hybridized carbons (Fsp3) is 0.185. The first-order chi connectivity index (χ1) is 18.6. The van der Waals surface area contributed by atoms with E-state index >= 15 is 0 Å². The van der Waals surface area contributed by atoms with E-state index in [1.54, 1.807) is 30.3 Å². The number of hydrogen-bond acceptors (Lipinski definition) is 7. The van der Waals surface area contributed by atoms with E-state index in [0.717, 1.165) is 4.47 Å². The highest BCUT2D eigenvalue weighted by Gasteiger charge is 2.21. The van der Waals surface area contributed by atoms with Crippen molar-refractivity contribution < 1.29 is 19.6 Å². The average molecular weight is 614 g/mol. The number of hydrogen-bond donors (Lipinski definition) is 1. The van der Waals surface area contributed by atoms with Crippen molar-refractivity contribution in [1.29, 1.82) is 0 Å². The van der Waals surface area contributed by atoms with Gasteiger partial charge in [-0.25, -0.2) is 9.78 Å². The molecule has 1 aromatic heterocycles. The van der Waals surface area contributed by atoms with E-state index < -0.39 is 10.9 Å². The van der Waals surface area contributed by atoms with Crippen LogP contribution in [-0.4, -0.2) is 31.9 Å². The second kappa shape index (κ2) is 11.7. The summed E-state index contributed by atoms with van der Waals surface area (Å²) in [5.74, 6) is -0.829. The molecule has 0 aliphatic heterocycles. The van der Waals surface area contributed by atoms with E-state index in [1.165, 1.54) is 35.2 Å². The molecule has 0 spiro atoms. The van der Waals surface area contributed by atoms with Crippen LogP contribution >= 0.6 is 27.5 Å². The summed E-state index contributed by atoms with van der Waals surface area (Å²) in [6.07, 6.45) is 2.03.